The lowest BCUT2D eigenvalue weighted by atomic mass is 9.96. The number of piperazine rings is 1. The van der Waals surface area contributed by atoms with Crippen LogP contribution >= 0.6 is 11.8 Å². The number of hydrogen-bond donors (Lipinski definition) is 3. The molecule has 0 saturated carbocycles. The van der Waals surface area contributed by atoms with Gasteiger partial charge in [-0.05, 0) is 35.4 Å². The third kappa shape index (κ3) is 6.92. The van der Waals surface area contributed by atoms with Crippen LogP contribution in [0.4, 0.5) is 0 Å². The highest BCUT2D eigenvalue weighted by Crippen LogP contribution is 2.30. The molecule has 1 aliphatic rings. The fourth-order valence-corrected chi connectivity index (χ4v) is 6.74. The van der Waals surface area contributed by atoms with Gasteiger partial charge in [-0.3, -0.25) is 14.5 Å². The first kappa shape index (κ1) is 30.1. The minimum atomic E-state index is -1.10. The lowest BCUT2D eigenvalue weighted by Crippen LogP contribution is -2.56. The summed E-state index contributed by atoms with van der Waals surface area (Å²) in [5.41, 5.74) is 3.60. The van der Waals surface area contributed by atoms with Gasteiger partial charge < -0.3 is 20.3 Å². The molecule has 2 aromatic heterocycles. The van der Waals surface area contributed by atoms with Crippen molar-refractivity contribution in [2.24, 2.45) is 0 Å². The van der Waals surface area contributed by atoms with Gasteiger partial charge in [-0.15, -0.1) is 11.8 Å². The number of benzene rings is 3. The summed E-state index contributed by atoms with van der Waals surface area (Å²) in [6.45, 7) is 2.28. The fourth-order valence-electron chi connectivity index (χ4n) is 5.74. The van der Waals surface area contributed by atoms with Crippen molar-refractivity contribution in [2.45, 2.75) is 17.1 Å². The van der Waals surface area contributed by atoms with Gasteiger partial charge in [0.2, 0.25) is 5.91 Å². The molecule has 1 saturated heterocycles. The normalized spacial score (nSPS) is 14.4. The second kappa shape index (κ2) is 13.8. The van der Waals surface area contributed by atoms with E-state index in [4.69, 9.17) is 0 Å². The minimum absolute atomic E-state index is 0.0521. The molecule has 3 N–H and O–H groups in total. The maximum absolute atomic E-state index is 14.0. The van der Waals surface area contributed by atoms with E-state index < -0.39 is 17.9 Å². The number of nitrogens with zero attached hydrogens (tertiary/aromatic N) is 3. The molecule has 3 heterocycles. The Hall–Kier alpha value is -4.93. The number of carboxylic acids is 1. The molecule has 0 unspecified atom stereocenters. The third-order valence-corrected chi connectivity index (χ3v) is 9.09. The van der Waals surface area contributed by atoms with Crippen LogP contribution in [-0.2, 0) is 4.79 Å². The Morgan fingerprint density at radius 1 is 0.844 bits per heavy atom. The molecule has 2 amide bonds. The van der Waals surface area contributed by atoms with E-state index in [0.29, 0.717) is 36.9 Å². The average Bonchev–Trinajstić information content (AvgIpc) is 3.53. The molecule has 45 heavy (non-hydrogen) atoms. The van der Waals surface area contributed by atoms with Gasteiger partial charge in [0, 0.05) is 49.0 Å². The Morgan fingerprint density at radius 2 is 1.49 bits per heavy atom. The van der Waals surface area contributed by atoms with Crippen LogP contribution in [0.5, 0.6) is 0 Å². The first-order chi connectivity index (χ1) is 22.0. The highest BCUT2D eigenvalue weighted by atomic mass is 32.2. The molecule has 0 bridgehead atoms. The van der Waals surface area contributed by atoms with Crippen LogP contribution in [0.15, 0.2) is 114 Å². The monoisotopic (exact) mass is 619 g/mol. The molecule has 0 spiro atoms. The summed E-state index contributed by atoms with van der Waals surface area (Å²) in [7, 11) is 0. The van der Waals surface area contributed by atoms with Crippen molar-refractivity contribution in [1.29, 1.82) is 0 Å². The number of thioether (sulfide) groups is 1. The number of para-hydroxylation sites is 1. The molecule has 1 aliphatic heterocycles. The zero-order valence-electron chi connectivity index (χ0n) is 24.5. The van der Waals surface area contributed by atoms with Crippen molar-refractivity contribution in [1.82, 2.24) is 25.1 Å². The van der Waals surface area contributed by atoms with Gasteiger partial charge >= 0.3 is 5.97 Å². The highest BCUT2D eigenvalue weighted by molar-refractivity contribution is 7.99. The highest BCUT2D eigenvalue weighted by Gasteiger charge is 2.32. The van der Waals surface area contributed by atoms with Gasteiger partial charge in [0.05, 0.1) is 11.6 Å². The minimum Gasteiger partial charge on any atom is -0.478 e. The largest absolute Gasteiger partial charge is 0.478 e. The van der Waals surface area contributed by atoms with E-state index in [0.717, 1.165) is 22.7 Å². The number of amides is 2. The number of aromatic nitrogens is 2. The zero-order chi connectivity index (χ0) is 31.2. The molecule has 0 radical (unpaired) electrons. The number of nitrogens with one attached hydrogen (secondary N) is 2. The summed E-state index contributed by atoms with van der Waals surface area (Å²) in [4.78, 5) is 50.7. The van der Waals surface area contributed by atoms with Crippen LogP contribution in [0, 0.1) is 0 Å². The Kier molecular flexibility index (Phi) is 9.23. The molecule has 3 aromatic carbocycles. The number of aromatic amines is 1. The van der Waals surface area contributed by atoms with Crippen LogP contribution in [0.3, 0.4) is 0 Å². The second-order valence-electron chi connectivity index (χ2n) is 10.9. The number of fused-ring (bicyclic) bond motifs is 1. The van der Waals surface area contributed by atoms with Crippen molar-refractivity contribution >= 4 is 40.4 Å². The predicted molar refractivity (Wildman–Crippen MR) is 174 cm³/mol. The molecule has 1 atom stereocenters. The van der Waals surface area contributed by atoms with E-state index in [1.807, 2.05) is 60.7 Å². The number of H-pyrrole nitrogens is 1. The van der Waals surface area contributed by atoms with Crippen molar-refractivity contribution in [3.63, 3.8) is 0 Å². The Morgan fingerprint density at radius 3 is 2.13 bits per heavy atom. The van der Waals surface area contributed by atoms with Crippen molar-refractivity contribution in [2.75, 3.05) is 31.9 Å². The topological polar surface area (TPSA) is 119 Å². The van der Waals surface area contributed by atoms with E-state index in [2.05, 4.69) is 44.5 Å². The Bertz CT molecular complexity index is 1720. The summed E-state index contributed by atoms with van der Waals surface area (Å²) in [6, 6.07) is 32.2. The molecule has 5 aromatic rings. The molecule has 10 heteroatoms. The van der Waals surface area contributed by atoms with Crippen LogP contribution in [0.25, 0.3) is 10.9 Å². The number of rotatable bonds is 10. The number of aromatic carboxylic acids is 1. The van der Waals surface area contributed by atoms with Crippen molar-refractivity contribution in [3.8, 4) is 0 Å². The molecular formula is C35H33N5O4S. The van der Waals surface area contributed by atoms with Crippen LogP contribution in [0.2, 0.25) is 0 Å². The molecule has 1 fully saturated rings. The smallest absolute Gasteiger partial charge is 0.338 e. The van der Waals surface area contributed by atoms with Crippen molar-refractivity contribution in [3.05, 3.63) is 132 Å². The molecule has 228 valence electrons. The number of carbonyl (C=O) groups excluding carboxylic acids is 2. The average molecular weight is 620 g/mol. The van der Waals surface area contributed by atoms with Gasteiger partial charge in [-0.25, -0.2) is 9.78 Å². The quantitative estimate of drug-likeness (QED) is 0.187. The third-order valence-electron chi connectivity index (χ3n) is 7.99. The molecular weight excluding hydrogens is 586 g/mol. The van der Waals surface area contributed by atoms with E-state index in [9.17, 15) is 19.5 Å². The van der Waals surface area contributed by atoms with Crippen LogP contribution in [-0.4, -0.2) is 80.6 Å². The lowest BCUT2D eigenvalue weighted by molar-refractivity contribution is -0.134. The van der Waals surface area contributed by atoms with Gasteiger partial charge in [0.1, 0.15) is 16.8 Å². The molecule has 9 nitrogen and oxygen atoms in total. The Balaban J connectivity index is 1.20. The number of carboxylic acid groups (broad SMARTS) is 1. The zero-order valence-corrected chi connectivity index (χ0v) is 25.3. The van der Waals surface area contributed by atoms with Gasteiger partial charge in [0.25, 0.3) is 5.91 Å². The Labute approximate surface area is 265 Å². The van der Waals surface area contributed by atoms with Gasteiger partial charge in [-0.2, -0.15) is 0 Å². The summed E-state index contributed by atoms with van der Waals surface area (Å²) >= 11 is 1.14. The summed E-state index contributed by atoms with van der Waals surface area (Å²) in [6.07, 6.45) is 1.52. The number of carbonyl (C=O) groups is 3. The number of pyridine rings is 1. The lowest BCUT2D eigenvalue weighted by Gasteiger charge is -2.40. The molecule has 6 rings (SSSR count). The first-order valence-electron chi connectivity index (χ1n) is 14.8. The van der Waals surface area contributed by atoms with E-state index >= 15 is 0 Å². The predicted octanol–water partition coefficient (Wildman–Crippen LogP) is 5.09. The van der Waals surface area contributed by atoms with Crippen LogP contribution in [0.1, 0.15) is 38.0 Å². The van der Waals surface area contributed by atoms with Crippen molar-refractivity contribution < 1.29 is 19.5 Å². The van der Waals surface area contributed by atoms with E-state index in [1.54, 1.807) is 17.0 Å². The summed E-state index contributed by atoms with van der Waals surface area (Å²) in [5, 5.41) is 13.7. The maximum Gasteiger partial charge on any atom is 0.338 e. The van der Waals surface area contributed by atoms with E-state index in [1.165, 1.54) is 23.4 Å². The first-order valence-corrected chi connectivity index (χ1v) is 15.8. The maximum atomic E-state index is 14.0. The SMILES string of the molecule is O=C(N[C@@H](CSc1ncccc1C(=O)O)C(=O)N1CCN(C(c2ccccc2)c2ccccc2)CC1)c1cc2ccccc2[nH]1. The summed E-state index contributed by atoms with van der Waals surface area (Å²) in [5.74, 6) is -1.59. The standard InChI is InChI=1S/C35H33N5O4S/c41-32(29-22-26-14-7-8-16-28(26)37-29)38-30(23-45-33-27(35(43)44)15-9-17-36-33)34(42)40-20-18-39(19-21-40)31(24-10-3-1-4-11-24)25-12-5-2-6-13-25/h1-17,22,30-31,37H,18-21,23H2,(H,38,41)(H,43,44)/t30-/m0/s1. The van der Waals surface area contributed by atoms with E-state index in [-0.39, 0.29) is 23.3 Å². The van der Waals surface area contributed by atoms with Gasteiger partial charge in [-0.1, -0.05) is 78.9 Å². The van der Waals surface area contributed by atoms with Gasteiger partial charge in [0.15, 0.2) is 0 Å². The van der Waals surface area contributed by atoms with Crippen LogP contribution < -0.4 is 5.32 Å². The number of hydrogen-bond acceptors (Lipinski definition) is 6. The molecule has 0 aliphatic carbocycles. The summed E-state index contributed by atoms with van der Waals surface area (Å²) < 4.78 is 0. The fraction of sp³-hybridized carbons (Fsp3) is 0.200. The second-order valence-corrected chi connectivity index (χ2v) is 11.9.